The smallest absolute Gasteiger partial charge is 0.209 e. The molecule has 4 rings (SSSR count). The number of benzene rings is 1. The Balaban J connectivity index is 2.03. The average Bonchev–Trinajstić information content (AvgIpc) is 2.79. The van der Waals surface area contributed by atoms with Crippen molar-refractivity contribution in [2.75, 3.05) is 0 Å². The first kappa shape index (κ1) is 28.8. The number of phenolic OH excluding ortho intramolecular Hbond substituents is 1. The van der Waals surface area contributed by atoms with Gasteiger partial charge in [-0.2, -0.15) is 0 Å². The molecule has 3 aliphatic carbocycles. The van der Waals surface area contributed by atoms with Crippen LogP contribution in [0.3, 0.4) is 0 Å². The Labute approximate surface area is 229 Å². The van der Waals surface area contributed by atoms with Crippen LogP contribution in [0.2, 0.25) is 0 Å². The molecular formula is C32H40O7. The van der Waals surface area contributed by atoms with Gasteiger partial charge >= 0.3 is 0 Å². The summed E-state index contributed by atoms with van der Waals surface area (Å²) in [6.07, 6.45) is 3.29. The highest BCUT2D eigenvalue weighted by Crippen LogP contribution is 2.65. The van der Waals surface area contributed by atoms with Crippen LogP contribution in [-0.4, -0.2) is 43.4 Å². The Kier molecular flexibility index (Phi) is 6.79. The Morgan fingerprint density at radius 3 is 2.23 bits per heavy atom. The Morgan fingerprint density at radius 2 is 1.69 bits per heavy atom. The number of carbonyl (C=O) groups is 3. The highest BCUT2D eigenvalue weighted by molar-refractivity contribution is 6.25. The molecule has 0 aliphatic heterocycles. The van der Waals surface area contributed by atoms with Crippen LogP contribution in [0.25, 0.3) is 5.57 Å². The van der Waals surface area contributed by atoms with Crippen molar-refractivity contribution < 1.29 is 34.8 Å². The van der Waals surface area contributed by atoms with Crippen LogP contribution in [0.5, 0.6) is 5.75 Å². The van der Waals surface area contributed by atoms with Gasteiger partial charge in [-0.25, -0.2) is 0 Å². The van der Waals surface area contributed by atoms with Gasteiger partial charge in [-0.1, -0.05) is 53.7 Å². The lowest BCUT2D eigenvalue weighted by Crippen LogP contribution is -2.67. The first-order chi connectivity index (χ1) is 17.9. The number of ketones is 3. The molecule has 0 spiro atoms. The maximum Gasteiger partial charge on any atom is 0.209 e. The summed E-state index contributed by atoms with van der Waals surface area (Å²) in [6, 6.07) is 3.25. The minimum atomic E-state index is -2.60. The largest absolute Gasteiger partial charge is 0.511 e. The summed E-state index contributed by atoms with van der Waals surface area (Å²) >= 11 is 0. The molecule has 210 valence electrons. The van der Waals surface area contributed by atoms with E-state index in [0.717, 1.165) is 24.5 Å². The third kappa shape index (κ3) is 3.84. The second kappa shape index (κ2) is 9.19. The molecule has 3 aliphatic rings. The number of rotatable bonds is 5. The van der Waals surface area contributed by atoms with Gasteiger partial charge in [-0.3, -0.25) is 14.4 Å². The molecule has 1 aromatic rings. The monoisotopic (exact) mass is 536 g/mol. The number of aliphatic hydroxyl groups excluding tert-OH is 2. The molecule has 4 N–H and O–H groups in total. The molecule has 39 heavy (non-hydrogen) atoms. The quantitative estimate of drug-likeness (QED) is 0.350. The van der Waals surface area contributed by atoms with Crippen LogP contribution >= 0.6 is 0 Å². The Morgan fingerprint density at radius 1 is 1.08 bits per heavy atom. The number of phenols is 1. The van der Waals surface area contributed by atoms with Crippen molar-refractivity contribution in [3.63, 3.8) is 0 Å². The van der Waals surface area contributed by atoms with Crippen molar-refractivity contribution in [3.05, 3.63) is 57.6 Å². The van der Waals surface area contributed by atoms with Gasteiger partial charge in [0.05, 0.1) is 5.56 Å². The highest BCUT2D eigenvalue weighted by Gasteiger charge is 2.71. The van der Waals surface area contributed by atoms with Crippen molar-refractivity contribution in [1.82, 2.24) is 0 Å². The van der Waals surface area contributed by atoms with Crippen LogP contribution in [-0.2, 0) is 16.0 Å². The zero-order valence-electron chi connectivity index (χ0n) is 24.1. The predicted molar refractivity (Wildman–Crippen MR) is 148 cm³/mol. The summed E-state index contributed by atoms with van der Waals surface area (Å²) in [5.74, 6) is -4.63. The average molecular weight is 537 g/mol. The van der Waals surface area contributed by atoms with E-state index in [1.54, 1.807) is 13.0 Å². The maximum absolute atomic E-state index is 14.1. The molecule has 0 bridgehead atoms. The molecule has 0 aromatic heterocycles. The predicted octanol–water partition coefficient (Wildman–Crippen LogP) is 5.80. The van der Waals surface area contributed by atoms with Gasteiger partial charge in [0.25, 0.3) is 0 Å². The van der Waals surface area contributed by atoms with Gasteiger partial charge in [0, 0.05) is 22.3 Å². The van der Waals surface area contributed by atoms with Crippen LogP contribution < -0.4 is 0 Å². The summed E-state index contributed by atoms with van der Waals surface area (Å²) in [6.45, 7) is 14.4. The Bertz CT molecular complexity index is 1390. The molecule has 0 saturated heterocycles. The second-order valence-electron chi connectivity index (χ2n) is 13.0. The number of allylic oxidation sites excluding steroid dienone is 4. The molecule has 1 unspecified atom stereocenters. The summed E-state index contributed by atoms with van der Waals surface area (Å²) in [7, 11) is 0. The van der Waals surface area contributed by atoms with Gasteiger partial charge in [0.2, 0.25) is 5.78 Å². The minimum absolute atomic E-state index is 0.0462. The van der Waals surface area contributed by atoms with Crippen molar-refractivity contribution in [3.8, 4) is 5.75 Å². The lowest BCUT2D eigenvalue weighted by atomic mass is 9.44. The molecule has 0 amide bonds. The third-order valence-electron chi connectivity index (χ3n) is 9.21. The molecular weight excluding hydrogens is 496 g/mol. The van der Waals surface area contributed by atoms with Crippen molar-refractivity contribution in [2.24, 2.45) is 28.6 Å². The van der Waals surface area contributed by atoms with E-state index >= 15 is 0 Å². The molecule has 0 fully saturated rings. The lowest BCUT2D eigenvalue weighted by Gasteiger charge is -2.59. The number of Topliss-reactive ketones (excluding diaryl/α,β-unsaturated/α-hetero) is 3. The third-order valence-corrected chi connectivity index (χ3v) is 9.21. The number of hydrogen-bond acceptors (Lipinski definition) is 7. The van der Waals surface area contributed by atoms with E-state index in [1.165, 1.54) is 6.07 Å². The van der Waals surface area contributed by atoms with Crippen LogP contribution in [0.15, 0.2) is 40.9 Å². The van der Waals surface area contributed by atoms with Gasteiger partial charge in [0.1, 0.15) is 22.8 Å². The molecule has 0 heterocycles. The normalized spacial score (nSPS) is 31.1. The second-order valence-corrected chi connectivity index (χ2v) is 13.0. The van der Waals surface area contributed by atoms with E-state index in [0.29, 0.717) is 11.5 Å². The van der Waals surface area contributed by atoms with Gasteiger partial charge in [-0.15, -0.1) is 0 Å². The van der Waals surface area contributed by atoms with E-state index in [1.807, 2.05) is 27.7 Å². The van der Waals surface area contributed by atoms with E-state index in [2.05, 4.69) is 19.9 Å². The van der Waals surface area contributed by atoms with Crippen LogP contribution in [0.4, 0.5) is 0 Å². The minimum Gasteiger partial charge on any atom is -0.511 e. The van der Waals surface area contributed by atoms with E-state index in [-0.39, 0.29) is 41.4 Å². The molecule has 1 aromatic carbocycles. The lowest BCUT2D eigenvalue weighted by molar-refractivity contribution is -0.171. The van der Waals surface area contributed by atoms with Crippen LogP contribution in [0.1, 0.15) is 89.7 Å². The zero-order chi connectivity index (χ0) is 29.4. The zero-order valence-corrected chi connectivity index (χ0v) is 24.1. The molecule has 7 heteroatoms. The fraction of sp³-hybridized carbons (Fsp3) is 0.531. The number of aromatic hydroxyl groups is 1. The summed E-state index contributed by atoms with van der Waals surface area (Å²) in [5, 5.41) is 45.9. The molecule has 0 saturated carbocycles. The summed E-state index contributed by atoms with van der Waals surface area (Å²) in [4.78, 5) is 40.3. The van der Waals surface area contributed by atoms with Crippen molar-refractivity contribution >= 4 is 22.9 Å². The van der Waals surface area contributed by atoms with Gasteiger partial charge in [-0.05, 0) is 67.7 Å². The molecule has 4 atom stereocenters. The highest BCUT2D eigenvalue weighted by atomic mass is 16.3. The molecule has 0 radical (unpaired) electrons. The van der Waals surface area contributed by atoms with Gasteiger partial charge in [0.15, 0.2) is 17.2 Å². The fourth-order valence-electron chi connectivity index (χ4n) is 7.62. The first-order valence-electron chi connectivity index (χ1n) is 13.7. The van der Waals surface area contributed by atoms with E-state index in [9.17, 15) is 34.8 Å². The van der Waals surface area contributed by atoms with Crippen LogP contribution in [0, 0.1) is 28.6 Å². The Hall–Kier alpha value is -3.19. The number of hydrogen-bond donors (Lipinski definition) is 4. The van der Waals surface area contributed by atoms with E-state index < -0.39 is 51.0 Å². The van der Waals surface area contributed by atoms with Gasteiger partial charge < -0.3 is 20.4 Å². The maximum atomic E-state index is 14.1. The van der Waals surface area contributed by atoms with Crippen molar-refractivity contribution in [2.45, 2.75) is 80.3 Å². The molecule has 7 nitrogen and oxygen atoms in total. The fourth-order valence-corrected chi connectivity index (χ4v) is 7.62. The van der Waals surface area contributed by atoms with E-state index in [4.69, 9.17) is 0 Å². The number of fused-ring (bicyclic) bond motifs is 3. The topological polar surface area (TPSA) is 132 Å². The summed E-state index contributed by atoms with van der Waals surface area (Å²) in [5.41, 5.74) is -3.26. The number of aliphatic hydroxyl groups is 3. The van der Waals surface area contributed by atoms with Crippen molar-refractivity contribution in [1.29, 1.82) is 0 Å². The number of carbonyl (C=O) groups excluding carboxylic acids is 3. The SMILES string of the molecule is CC(=O)C1=C(O)C(C(C)C)[C@@]2(C)C[C@@]3(C)Cc4c(/C(C)=C\CC(C)C)ccc(O)c4C(=O)C3=C(O)[C@@]2(O)C1=O. The standard InChI is InChI=1S/C32H40O7/c1-15(2)9-10-17(5)19-11-12-21(34)23-20(19)13-30(7)14-31(8)24(16(3)4)26(35)22(18(6)33)28(37)32(31,39)29(38)25(30)27(23)36/h10-12,15-16,24,34-35,38-39H,9,13-14H2,1-8H3/b17-10-/t24?,30-,31-,32+/m1/s1. The first-order valence-corrected chi connectivity index (χ1v) is 13.7. The summed E-state index contributed by atoms with van der Waals surface area (Å²) < 4.78 is 0.